The van der Waals surface area contributed by atoms with Gasteiger partial charge in [-0.25, -0.2) is 4.98 Å². The van der Waals surface area contributed by atoms with Gasteiger partial charge in [-0.1, -0.05) is 18.2 Å². The number of nitrogen functional groups attached to an aromatic ring is 1. The van der Waals surface area contributed by atoms with Gasteiger partial charge in [0, 0.05) is 36.1 Å². The summed E-state index contributed by atoms with van der Waals surface area (Å²) in [6, 6.07) is 11.2. The van der Waals surface area contributed by atoms with Gasteiger partial charge in [-0.2, -0.15) is 0 Å². The van der Waals surface area contributed by atoms with E-state index in [2.05, 4.69) is 9.88 Å². The summed E-state index contributed by atoms with van der Waals surface area (Å²) in [7, 11) is 0. The normalized spacial score (nSPS) is 15.0. The van der Waals surface area contributed by atoms with E-state index in [0.29, 0.717) is 11.4 Å². The van der Waals surface area contributed by atoms with Crippen LogP contribution in [-0.4, -0.2) is 37.0 Å². The molecule has 0 spiro atoms. The van der Waals surface area contributed by atoms with Crippen molar-refractivity contribution in [2.75, 3.05) is 36.9 Å². The van der Waals surface area contributed by atoms with Gasteiger partial charge in [0.25, 0.3) is 0 Å². The van der Waals surface area contributed by atoms with E-state index in [1.807, 2.05) is 36.4 Å². The standard InChI is InChI=1S/C16H18N4O/c17-14-4-2-1-3-13(14)16(18)12-5-6-19-15(11-12)20-7-9-21-10-8-20/h1-6,11,18H,7-10,17H2. The highest BCUT2D eigenvalue weighted by Gasteiger charge is 2.14. The van der Waals surface area contributed by atoms with Gasteiger partial charge in [0.1, 0.15) is 5.82 Å². The maximum atomic E-state index is 8.37. The number of nitrogens with zero attached hydrogens (tertiary/aromatic N) is 2. The van der Waals surface area contributed by atoms with Crippen molar-refractivity contribution in [1.82, 2.24) is 4.98 Å². The Hall–Kier alpha value is -2.40. The number of rotatable bonds is 3. The molecule has 1 fully saturated rings. The molecule has 1 aromatic carbocycles. The summed E-state index contributed by atoms with van der Waals surface area (Å²) < 4.78 is 5.36. The summed E-state index contributed by atoms with van der Waals surface area (Å²) in [4.78, 5) is 6.58. The Kier molecular flexibility index (Phi) is 3.83. The lowest BCUT2D eigenvalue weighted by Gasteiger charge is -2.28. The van der Waals surface area contributed by atoms with E-state index in [9.17, 15) is 0 Å². The number of ether oxygens (including phenoxy) is 1. The van der Waals surface area contributed by atoms with E-state index in [1.165, 1.54) is 0 Å². The van der Waals surface area contributed by atoms with Gasteiger partial charge < -0.3 is 15.4 Å². The van der Waals surface area contributed by atoms with Crippen molar-refractivity contribution in [3.63, 3.8) is 0 Å². The quantitative estimate of drug-likeness (QED) is 0.666. The lowest BCUT2D eigenvalue weighted by molar-refractivity contribution is 0.122. The van der Waals surface area contributed by atoms with Crippen LogP contribution in [0.1, 0.15) is 11.1 Å². The average Bonchev–Trinajstić information content (AvgIpc) is 2.56. The van der Waals surface area contributed by atoms with E-state index >= 15 is 0 Å². The second kappa shape index (κ2) is 5.93. The maximum Gasteiger partial charge on any atom is 0.129 e. The number of hydrogen-bond acceptors (Lipinski definition) is 5. The van der Waals surface area contributed by atoms with E-state index in [0.717, 1.165) is 43.2 Å². The van der Waals surface area contributed by atoms with Gasteiger partial charge in [-0.15, -0.1) is 0 Å². The fourth-order valence-corrected chi connectivity index (χ4v) is 2.42. The van der Waals surface area contributed by atoms with Gasteiger partial charge in [-0.3, -0.25) is 5.41 Å². The maximum absolute atomic E-state index is 8.37. The highest BCUT2D eigenvalue weighted by atomic mass is 16.5. The Morgan fingerprint density at radius 3 is 2.71 bits per heavy atom. The number of benzene rings is 1. The van der Waals surface area contributed by atoms with Crippen molar-refractivity contribution in [3.05, 3.63) is 53.7 Å². The largest absolute Gasteiger partial charge is 0.398 e. The average molecular weight is 282 g/mol. The molecule has 2 heterocycles. The molecule has 3 N–H and O–H groups in total. The van der Waals surface area contributed by atoms with E-state index in [1.54, 1.807) is 6.20 Å². The molecule has 2 aromatic rings. The van der Waals surface area contributed by atoms with Crippen LogP contribution in [0.4, 0.5) is 11.5 Å². The number of nitrogens with two attached hydrogens (primary N) is 1. The summed E-state index contributed by atoms with van der Waals surface area (Å²) in [5, 5.41) is 8.37. The fourth-order valence-electron chi connectivity index (χ4n) is 2.42. The molecule has 21 heavy (non-hydrogen) atoms. The van der Waals surface area contributed by atoms with Crippen LogP contribution in [0.15, 0.2) is 42.6 Å². The molecule has 1 aromatic heterocycles. The molecule has 0 amide bonds. The Balaban J connectivity index is 1.89. The lowest BCUT2D eigenvalue weighted by Crippen LogP contribution is -2.36. The number of anilines is 2. The third kappa shape index (κ3) is 2.87. The van der Waals surface area contributed by atoms with Gasteiger partial charge in [0.15, 0.2) is 0 Å². The molecule has 1 saturated heterocycles. The number of para-hydroxylation sites is 1. The molecule has 0 unspecified atom stereocenters. The number of nitrogens with one attached hydrogen (secondary N) is 1. The minimum absolute atomic E-state index is 0.421. The van der Waals surface area contributed by atoms with E-state index in [-0.39, 0.29) is 0 Å². The molecule has 3 rings (SSSR count). The summed E-state index contributed by atoms with van der Waals surface area (Å²) in [5.41, 5.74) is 8.57. The Labute approximate surface area is 123 Å². The molecule has 1 aliphatic heterocycles. The second-order valence-corrected chi connectivity index (χ2v) is 4.96. The van der Waals surface area contributed by atoms with Crippen LogP contribution in [0.2, 0.25) is 0 Å². The molecule has 0 aliphatic carbocycles. The molecule has 1 aliphatic rings. The van der Waals surface area contributed by atoms with Crippen molar-refractivity contribution in [2.24, 2.45) is 0 Å². The number of aromatic nitrogens is 1. The third-order valence-corrected chi connectivity index (χ3v) is 3.60. The minimum atomic E-state index is 0.421. The lowest BCUT2D eigenvalue weighted by atomic mass is 10.0. The van der Waals surface area contributed by atoms with Crippen LogP contribution in [0, 0.1) is 5.41 Å². The zero-order valence-electron chi connectivity index (χ0n) is 11.7. The third-order valence-electron chi connectivity index (χ3n) is 3.60. The first-order valence-corrected chi connectivity index (χ1v) is 6.98. The molecule has 0 atom stereocenters. The monoisotopic (exact) mass is 282 g/mol. The molecule has 0 saturated carbocycles. The molecule has 5 nitrogen and oxygen atoms in total. The second-order valence-electron chi connectivity index (χ2n) is 4.96. The Morgan fingerprint density at radius 1 is 1.19 bits per heavy atom. The highest BCUT2D eigenvalue weighted by Crippen LogP contribution is 2.19. The predicted molar refractivity (Wildman–Crippen MR) is 84.1 cm³/mol. The summed E-state index contributed by atoms with van der Waals surface area (Å²) in [6.07, 6.45) is 1.74. The fraction of sp³-hybridized carbons (Fsp3) is 0.250. The van der Waals surface area contributed by atoms with E-state index in [4.69, 9.17) is 15.9 Å². The summed E-state index contributed by atoms with van der Waals surface area (Å²) in [5.74, 6) is 0.884. The van der Waals surface area contributed by atoms with Crippen molar-refractivity contribution < 1.29 is 4.74 Å². The molecule has 0 bridgehead atoms. The van der Waals surface area contributed by atoms with Crippen LogP contribution in [0.25, 0.3) is 0 Å². The predicted octanol–water partition coefficient (Wildman–Crippen LogP) is 1.92. The minimum Gasteiger partial charge on any atom is -0.398 e. The first kappa shape index (κ1) is 13.6. The van der Waals surface area contributed by atoms with Crippen molar-refractivity contribution >= 4 is 17.2 Å². The summed E-state index contributed by atoms with van der Waals surface area (Å²) >= 11 is 0. The molecule has 108 valence electrons. The van der Waals surface area contributed by atoms with E-state index < -0.39 is 0 Å². The number of morpholine rings is 1. The van der Waals surface area contributed by atoms with Crippen LogP contribution in [0.3, 0.4) is 0 Å². The molecule has 5 heteroatoms. The zero-order valence-corrected chi connectivity index (χ0v) is 11.7. The van der Waals surface area contributed by atoms with Crippen LogP contribution in [-0.2, 0) is 4.74 Å². The topological polar surface area (TPSA) is 75.2 Å². The van der Waals surface area contributed by atoms with Gasteiger partial charge in [0.2, 0.25) is 0 Å². The van der Waals surface area contributed by atoms with Crippen LogP contribution in [0.5, 0.6) is 0 Å². The van der Waals surface area contributed by atoms with Crippen molar-refractivity contribution in [1.29, 1.82) is 5.41 Å². The number of hydrogen-bond donors (Lipinski definition) is 2. The van der Waals surface area contributed by atoms with Crippen molar-refractivity contribution in [3.8, 4) is 0 Å². The zero-order chi connectivity index (χ0) is 14.7. The van der Waals surface area contributed by atoms with Crippen LogP contribution < -0.4 is 10.6 Å². The number of pyridine rings is 1. The summed E-state index contributed by atoms with van der Waals surface area (Å²) in [6.45, 7) is 3.10. The van der Waals surface area contributed by atoms with Gasteiger partial charge in [-0.05, 0) is 18.2 Å². The van der Waals surface area contributed by atoms with Crippen LogP contribution >= 0.6 is 0 Å². The van der Waals surface area contributed by atoms with Gasteiger partial charge in [0.05, 0.1) is 18.9 Å². The highest BCUT2D eigenvalue weighted by molar-refractivity contribution is 6.14. The first-order chi connectivity index (χ1) is 10.3. The molecule has 0 radical (unpaired) electrons. The first-order valence-electron chi connectivity index (χ1n) is 6.98. The van der Waals surface area contributed by atoms with Crippen molar-refractivity contribution in [2.45, 2.75) is 0 Å². The SMILES string of the molecule is N=C(c1ccnc(N2CCOCC2)c1)c1ccccc1N. The molecular formula is C16H18N4O. The Morgan fingerprint density at radius 2 is 1.95 bits per heavy atom. The molecular weight excluding hydrogens is 264 g/mol. The van der Waals surface area contributed by atoms with Gasteiger partial charge >= 0.3 is 0 Å². The Bertz CT molecular complexity index is 650. The smallest absolute Gasteiger partial charge is 0.129 e.